The minimum absolute atomic E-state index is 0.0915. The average Bonchev–Trinajstić information content (AvgIpc) is 3.05. The van der Waals surface area contributed by atoms with Crippen LogP contribution in [-0.4, -0.2) is 133 Å². The number of amides is 1. The van der Waals surface area contributed by atoms with Gasteiger partial charge in [-0.05, 0) is 38.0 Å². The van der Waals surface area contributed by atoms with E-state index in [9.17, 15) is 35.1 Å². The molecule has 46 heavy (non-hydrogen) atoms. The summed E-state index contributed by atoms with van der Waals surface area (Å²) in [6, 6.07) is 3.09. The van der Waals surface area contributed by atoms with Gasteiger partial charge in [-0.25, -0.2) is 0 Å². The molecule has 2 saturated heterocycles. The molecule has 262 valence electrons. The largest absolute Gasteiger partial charge is 0.504 e. The van der Waals surface area contributed by atoms with Crippen LogP contribution in [0.2, 0.25) is 0 Å². The molecule has 10 atom stereocenters. The highest BCUT2D eigenvalue weighted by Gasteiger charge is 2.51. The Morgan fingerprint density at radius 3 is 2.24 bits per heavy atom. The van der Waals surface area contributed by atoms with E-state index in [0.29, 0.717) is 12.8 Å². The number of unbranched alkanes of at least 4 members (excludes halogenated alkanes) is 5. The maximum Gasteiger partial charge on any atom is 0.305 e. The Bertz CT molecular complexity index is 1090. The number of ether oxygens (including phenoxy) is 7. The van der Waals surface area contributed by atoms with Gasteiger partial charge in [-0.3, -0.25) is 9.59 Å². The summed E-state index contributed by atoms with van der Waals surface area (Å²) >= 11 is 0. The van der Waals surface area contributed by atoms with Gasteiger partial charge < -0.3 is 64.0 Å². The first kappa shape index (κ1) is 37.9. The minimum atomic E-state index is -1.63. The van der Waals surface area contributed by atoms with Crippen molar-refractivity contribution in [2.75, 3.05) is 34.5 Å². The van der Waals surface area contributed by atoms with Crippen LogP contribution in [0.5, 0.6) is 11.5 Å². The highest BCUT2D eigenvalue weighted by molar-refractivity contribution is 5.95. The number of nitrogens with one attached hydrogen (secondary N) is 1. The summed E-state index contributed by atoms with van der Waals surface area (Å²) in [6.45, 7) is 1.22. The van der Waals surface area contributed by atoms with Crippen LogP contribution in [0.25, 0.3) is 0 Å². The third-order valence-corrected chi connectivity index (χ3v) is 8.22. The molecular formula is C31H49NO14. The predicted octanol–water partition coefficient (Wildman–Crippen LogP) is 0.364. The van der Waals surface area contributed by atoms with Crippen molar-refractivity contribution in [1.82, 2.24) is 5.32 Å². The van der Waals surface area contributed by atoms with Gasteiger partial charge in [0.2, 0.25) is 0 Å². The van der Waals surface area contributed by atoms with Gasteiger partial charge in [0.25, 0.3) is 5.91 Å². The highest BCUT2D eigenvalue weighted by Crippen LogP contribution is 2.32. The number of hydrogen-bond donors (Lipinski definition) is 6. The van der Waals surface area contributed by atoms with E-state index < -0.39 is 73.9 Å². The third kappa shape index (κ3) is 9.95. The number of carbonyl (C=O) groups is 2. The quantitative estimate of drug-likeness (QED) is 0.0985. The van der Waals surface area contributed by atoms with Crippen molar-refractivity contribution in [2.24, 2.45) is 0 Å². The number of phenols is 1. The number of aromatic hydroxyl groups is 1. The molecule has 2 heterocycles. The van der Waals surface area contributed by atoms with Crippen molar-refractivity contribution in [2.45, 2.75) is 113 Å². The molecular weight excluding hydrogens is 610 g/mol. The van der Waals surface area contributed by atoms with Crippen molar-refractivity contribution in [3.05, 3.63) is 23.8 Å². The molecule has 0 spiro atoms. The van der Waals surface area contributed by atoms with E-state index in [2.05, 4.69) is 10.1 Å². The number of carbonyl (C=O) groups excluding carboxylic acids is 2. The number of esters is 1. The van der Waals surface area contributed by atoms with Crippen molar-refractivity contribution in [3.63, 3.8) is 0 Å². The summed E-state index contributed by atoms with van der Waals surface area (Å²) in [4.78, 5) is 24.7. The molecule has 1 aromatic carbocycles. The summed E-state index contributed by atoms with van der Waals surface area (Å²) in [6.07, 6.45) is -5.67. The molecule has 0 aromatic heterocycles. The average molecular weight is 660 g/mol. The van der Waals surface area contributed by atoms with Crippen molar-refractivity contribution in [1.29, 1.82) is 0 Å². The van der Waals surface area contributed by atoms with Crippen LogP contribution in [0.15, 0.2) is 18.2 Å². The van der Waals surface area contributed by atoms with Gasteiger partial charge in [0.05, 0.1) is 26.9 Å². The molecule has 1 amide bonds. The first-order valence-corrected chi connectivity index (χ1v) is 15.6. The first-order valence-electron chi connectivity index (χ1n) is 15.6. The van der Waals surface area contributed by atoms with Crippen molar-refractivity contribution < 1.29 is 68.3 Å². The van der Waals surface area contributed by atoms with Crippen LogP contribution < -0.4 is 10.1 Å². The number of methoxy groups -OCH3 is 3. The van der Waals surface area contributed by atoms with E-state index in [0.717, 1.165) is 32.1 Å². The standard InChI is InChI=1S/C31H49NO14/c1-17-24(36)25(37)26(38)31(44-17)46-27-21(16-33)45-30(43-14-10-8-6-5-7-9-11-22(35)41-3)23(28(27)42-4)32-29(39)18-12-13-19(34)20(15-18)40-2/h12-13,15,17,21,23-28,30-31,33-34,36-38H,5-11,14,16H2,1-4H3,(H,32,39)/t17?,21?,23?,24-,25?,26?,27+,28?,30-,31?/m1/s1. The summed E-state index contributed by atoms with van der Waals surface area (Å²) in [5.41, 5.74) is 0.161. The molecule has 7 unspecified atom stereocenters. The molecule has 15 heteroatoms. The Morgan fingerprint density at radius 2 is 1.59 bits per heavy atom. The maximum absolute atomic E-state index is 13.4. The number of hydrogen-bond acceptors (Lipinski definition) is 14. The van der Waals surface area contributed by atoms with E-state index in [-0.39, 0.29) is 29.6 Å². The molecule has 0 aliphatic carbocycles. The second kappa shape index (κ2) is 18.7. The van der Waals surface area contributed by atoms with Crippen LogP contribution in [0.3, 0.4) is 0 Å². The molecule has 3 rings (SSSR count). The fourth-order valence-corrected chi connectivity index (χ4v) is 5.51. The summed E-state index contributed by atoms with van der Waals surface area (Å²) in [7, 11) is 4.10. The molecule has 0 radical (unpaired) electrons. The van der Waals surface area contributed by atoms with Crippen LogP contribution in [-0.2, 0) is 33.2 Å². The lowest BCUT2D eigenvalue weighted by Crippen LogP contribution is -2.67. The molecule has 0 bridgehead atoms. The van der Waals surface area contributed by atoms with Gasteiger partial charge in [-0.15, -0.1) is 0 Å². The van der Waals surface area contributed by atoms with E-state index in [1.165, 1.54) is 46.5 Å². The van der Waals surface area contributed by atoms with E-state index in [1.807, 2.05) is 0 Å². The van der Waals surface area contributed by atoms with Crippen LogP contribution in [0.4, 0.5) is 0 Å². The number of rotatable bonds is 17. The lowest BCUT2D eigenvalue weighted by Gasteiger charge is -2.48. The lowest BCUT2D eigenvalue weighted by atomic mass is 9.95. The van der Waals surface area contributed by atoms with Gasteiger partial charge in [0.1, 0.15) is 42.7 Å². The number of aliphatic hydroxyl groups is 4. The summed E-state index contributed by atoms with van der Waals surface area (Å²) < 4.78 is 39.4. The summed E-state index contributed by atoms with van der Waals surface area (Å²) in [5.74, 6) is -0.847. The van der Waals surface area contributed by atoms with Crippen molar-refractivity contribution in [3.8, 4) is 11.5 Å². The Labute approximate surface area is 268 Å². The smallest absolute Gasteiger partial charge is 0.305 e. The topological polar surface area (TPSA) is 212 Å². The molecule has 2 aliphatic rings. The highest BCUT2D eigenvalue weighted by atomic mass is 16.7. The summed E-state index contributed by atoms with van der Waals surface area (Å²) in [5, 5.41) is 54.1. The number of phenolic OH excluding ortho intramolecular Hbond substituents is 1. The molecule has 0 saturated carbocycles. The number of aliphatic hydroxyl groups excluding tert-OH is 4. The van der Waals surface area contributed by atoms with Crippen LogP contribution >= 0.6 is 0 Å². The Morgan fingerprint density at radius 1 is 0.891 bits per heavy atom. The maximum atomic E-state index is 13.4. The minimum Gasteiger partial charge on any atom is -0.504 e. The zero-order valence-electron chi connectivity index (χ0n) is 26.8. The van der Waals surface area contributed by atoms with Crippen LogP contribution in [0.1, 0.15) is 62.2 Å². The van der Waals surface area contributed by atoms with Crippen molar-refractivity contribution >= 4 is 11.9 Å². The van der Waals surface area contributed by atoms with Crippen LogP contribution in [0, 0.1) is 0 Å². The van der Waals surface area contributed by atoms with Gasteiger partial charge in [-0.1, -0.05) is 25.7 Å². The van der Waals surface area contributed by atoms with E-state index in [1.54, 1.807) is 0 Å². The second-order valence-electron chi connectivity index (χ2n) is 11.4. The molecule has 2 aliphatic heterocycles. The Balaban J connectivity index is 1.73. The molecule has 2 fully saturated rings. The zero-order chi connectivity index (χ0) is 33.8. The van der Waals surface area contributed by atoms with E-state index in [4.69, 9.17) is 28.4 Å². The zero-order valence-corrected chi connectivity index (χ0v) is 26.8. The monoisotopic (exact) mass is 659 g/mol. The normalized spacial score (nSPS) is 31.3. The lowest BCUT2D eigenvalue weighted by molar-refractivity contribution is -0.346. The third-order valence-electron chi connectivity index (χ3n) is 8.22. The van der Waals surface area contributed by atoms with Gasteiger partial charge in [0, 0.05) is 25.7 Å². The molecule has 1 aromatic rings. The number of benzene rings is 1. The Kier molecular flexibility index (Phi) is 15.4. The molecule has 6 N–H and O–H groups in total. The van der Waals surface area contributed by atoms with E-state index >= 15 is 0 Å². The SMILES string of the molecule is COC(=O)CCCCCCCCO[C@@H]1OC(CO)[C@H](OC2OC(C)[C@@H](O)C(O)C2O)C(OC)C1NC(=O)c1ccc(O)c(OC)c1. The molecule has 15 nitrogen and oxygen atoms in total. The first-order chi connectivity index (χ1) is 22.1. The fraction of sp³-hybridized carbons (Fsp3) is 0.742. The van der Waals surface area contributed by atoms with Gasteiger partial charge >= 0.3 is 5.97 Å². The predicted molar refractivity (Wildman–Crippen MR) is 160 cm³/mol. The van der Waals surface area contributed by atoms with Gasteiger partial charge in [-0.2, -0.15) is 0 Å². The Hall–Kier alpha value is -2.60. The fourth-order valence-electron chi connectivity index (χ4n) is 5.51. The van der Waals surface area contributed by atoms with Gasteiger partial charge in [0.15, 0.2) is 24.1 Å². The second-order valence-corrected chi connectivity index (χ2v) is 11.4.